The lowest BCUT2D eigenvalue weighted by Crippen LogP contribution is -2.23. The predicted molar refractivity (Wildman–Crippen MR) is 89.1 cm³/mol. The van der Waals surface area contributed by atoms with Gasteiger partial charge in [-0.3, -0.25) is 9.59 Å². The number of furan rings is 1. The van der Waals surface area contributed by atoms with Crippen molar-refractivity contribution in [2.75, 3.05) is 11.9 Å². The first-order valence-electron chi connectivity index (χ1n) is 7.48. The molecule has 0 fully saturated rings. The monoisotopic (exact) mass is 366 g/mol. The van der Waals surface area contributed by atoms with Gasteiger partial charge in [0.15, 0.2) is 0 Å². The first-order chi connectivity index (χ1) is 11.9. The molecule has 25 heavy (non-hydrogen) atoms. The number of hydrogen-bond acceptors (Lipinski definition) is 6. The van der Waals surface area contributed by atoms with Gasteiger partial charge in [0.25, 0.3) is 0 Å². The Balaban J connectivity index is 1.94. The number of benzene rings is 1. The van der Waals surface area contributed by atoms with Crippen LogP contribution < -0.4 is 10.0 Å². The molecular formula is C16H18N2O6S. The van der Waals surface area contributed by atoms with Crippen molar-refractivity contribution in [2.24, 2.45) is 0 Å². The van der Waals surface area contributed by atoms with E-state index in [2.05, 4.69) is 14.8 Å². The Kier molecular flexibility index (Phi) is 6.31. The molecular weight excluding hydrogens is 348 g/mol. The highest BCUT2D eigenvalue weighted by Gasteiger charge is 2.15. The van der Waals surface area contributed by atoms with Crippen LogP contribution in [0.2, 0.25) is 0 Å². The molecule has 1 aromatic heterocycles. The largest absolute Gasteiger partial charge is 0.468 e. The molecule has 1 amide bonds. The van der Waals surface area contributed by atoms with Crippen LogP contribution in [-0.4, -0.2) is 26.9 Å². The topological polar surface area (TPSA) is 115 Å². The standard InChI is InChI=1S/C16H18N2O6S/c1-2-23-16(20)10-15(19)18-12-5-7-14(8-6-12)25(21,22)17-11-13-4-3-9-24-13/h3-9,17H,2,10-11H2,1H3,(H,18,19). The van der Waals surface area contributed by atoms with Crippen molar-refractivity contribution >= 4 is 27.6 Å². The Bertz CT molecular complexity index is 813. The van der Waals surface area contributed by atoms with Crippen LogP contribution in [0.15, 0.2) is 52.0 Å². The van der Waals surface area contributed by atoms with Gasteiger partial charge in [-0.05, 0) is 43.3 Å². The van der Waals surface area contributed by atoms with E-state index in [0.29, 0.717) is 11.4 Å². The summed E-state index contributed by atoms with van der Waals surface area (Å²) >= 11 is 0. The summed E-state index contributed by atoms with van der Waals surface area (Å²) in [4.78, 5) is 22.9. The lowest BCUT2D eigenvalue weighted by atomic mass is 10.3. The molecule has 0 saturated heterocycles. The molecule has 0 aliphatic heterocycles. The molecule has 1 aromatic carbocycles. The van der Waals surface area contributed by atoms with E-state index in [0.717, 1.165) is 0 Å². The minimum Gasteiger partial charge on any atom is -0.468 e. The van der Waals surface area contributed by atoms with Gasteiger partial charge in [-0.1, -0.05) is 0 Å². The Hall–Kier alpha value is -2.65. The minimum absolute atomic E-state index is 0.0351. The van der Waals surface area contributed by atoms with Crippen molar-refractivity contribution in [1.82, 2.24) is 4.72 Å². The number of hydrogen-bond donors (Lipinski definition) is 2. The second kappa shape index (κ2) is 8.45. The number of sulfonamides is 1. The summed E-state index contributed by atoms with van der Waals surface area (Å²) in [6, 6.07) is 8.89. The maximum absolute atomic E-state index is 12.2. The maximum Gasteiger partial charge on any atom is 0.315 e. The third-order valence-electron chi connectivity index (χ3n) is 3.08. The van der Waals surface area contributed by atoms with E-state index in [9.17, 15) is 18.0 Å². The van der Waals surface area contributed by atoms with E-state index in [1.165, 1.54) is 30.5 Å². The Morgan fingerprint density at radius 3 is 2.48 bits per heavy atom. The average molecular weight is 366 g/mol. The van der Waals surface area contributed by atoms with E-state index in [1.54, 1.807) is 19.1 Å². The zero-order chi connectivity index (χ0) is 18.3. The zero-order valence-electron chi connectivity index (χ0n) is 13.5. The average Bonchev–Trinajstić information content (AvgIpc) is 3.07. The van der Waals surface area contributed by atoms with Gasteiger partial charge in [0.1, 0.15) is 12.2 Å². The van der Waals surface area contributed by atoms with Gasteiger partial charge < -0.3 is 14.5 Å². The van der Waals surface area contributed by atoms with E-state index in [1.807, 2.05) is 0 Å². The molecule has 8 nitrogen and oxygen atoms in total. The van der Waals surface area contributed by atoms with Crippen molar-refractivity contribution in [1.29, 1.82) is 0 Å². The van der Waals surface area contributed by atoms with E-state index in [-0.39, 0.29) is 18.0 Å². The van der Waals surface area contributed by atoms with Crippen molar-refractivity contribution in [3.05, 3.63) is 48.4 Å². The molecule has 2 aromatic rings. The van der Waals surface area contributed by atoms with Crippen LogP contribution in [0.5, 0.6) is 0 Å². The van der Waals surface area contributed by atoms with Gasteiger partial charge in [0, 0.05) is 5.69 Å². The number of amides is 1. The normalized spacial score (nSPS) is 11.1. The molecule has 0 bridgehead atoms. The third kappa shape index (κ3) is 5.73. The number of anilines is 1. The molecule has 0 aliphatic rings. The van der Waals surface area contributed by atoms with Gasteiger partial charge >= 0.3 is 5.97 Å². The molecule has 0 aliphatic carbocycles. The Morgan fingerprint density at radius 2 is 1.88 bits per heavy atom. The SMILES string of the molecule is CCOC(=O)CC(=O)Nc1ccc(S(=O)(=O)NCc2ccco2)cc1. The third-order valence-corrected chi connectivity index (χ3v) is 4.49. The highest BCUT2D eigenvalue weighted by atomic mass is 32.2. The van der Waals surface area contributed by atoms with Crippen molar-refractivity contribution < 1.29 is 27.2 Å². The van der Waals surface area contributed by atoms with Crippen LogP contribution in [0, 0.1) is 0 Å². The number of ether oxygens (including phenoxy) is 1. The lowest BCUT2D eigenvalue weighted by Gasteiger charge is -2.08. The molecule has 0 radical (unpaired) electrons. The fourth-order valence-corrected chi connectivity index (χ4v) is 2.92. The zero-order valence-corrected chi connectivity index (χ0v) is 14.3. The molecule has 0 atom stereocenters. The fraction of sp³-hybridized carbons (Fsp3) is 0.250. The van der Waals surface area contributed by atoms with Crippen molar-refractivity contribution in [3.8, 4) is 0 Å². The summed E-state index contributed by atoms with van der Waals surface area (Å²) < 4.78 is 36.5. The molecule has 1 heterocycles. The number of nitrogens with one attached hydrogen (secondary N) is 2. The fourth-order valence-electron chi connectivity index (χ4n) is 1.93. The second-order valence-corrected chi connectivity index (χ2v) is 6.73. The molecule has 9 heteroatoms. The number of rotatable bonds is 8. The smallest absolute Gasteiger partial charge is 0.315 e. The summed E-state index contributed by atoms with van der Waals surface area (Å²) in [5, 5.41) is 2.49. The van der Waals surface area contributed by atoms with E-state index >= 15 is 0 Å². The second-order valence-electron chi connectivity index (χ2n) is 4.96. The number of esters is 1. The van der Waals surface area contributed by atoms with E-state index < -0.39 is 28.3 Å². The van der Waals surface area contributed by atoms with Crippen molar-refractivity contribution in [2.45, 2.75) is 24.8 Å². The molecule has 0 saturated carbocycles. The molecule has 134 valence electrons. The predicted octanol–water partition coefficient (Wildman–Crippen LogP) is 1.65. The van der Waals surface area contributed by atoms with Crippen LogP contribution in [0.4, 0.5) is 5.69 Å². The maximum atomic E-state index is 12.2. The first kappa shape index (κ1) is 18.7. The molecule has 2 rings (SSSR count). The lowest BCUT2D eigenvalue weighted by molar-refractivity contribution is -0.145. The van der Waals surface area contributed by atoms with Crippen LogP contribution in [0.25, 0.3) is 0 Å². The highest BCUT2D eigenvalue weighted by molar-refractivity contribution is 7.89. The van der Waals surface area contributed by atoms with Gasteiger partial charge in [-0.15, -0.1) is 0 Å². The van der Waals surface area contributed by atoms with Crippen LogP contribution in [0.1, 0.15) is 19.1 Å². The number of carbonyl (C=O) groups is 2. The number of carbonyl (C=O) groups excluding carboxylic acids is 2. The summed E-state index contributed by atoms with van der Waals surface area (Å²) in [7, 11) is -3.70. The first-order valence-corrected chi connectivity index (χ1v) is 8.96. The summed E-state index contributed by atoms with van der Waals surface area (Å²) in [6.07, 6.45) is 1.05. The van der Waals surface area contributed by atoms with Gasteiger partial charge in [0.2, 0.25) is 15.9 Å². The molecule has 2 N–H and O–H groups in total. The van der Waals surface area contributed by atoms with Crippen LogP contribution in [0.3, 0.4) is 0 Å². The van der Waals surface area contributed by atoms with Crippen LogP contribution in [-0.2, 0) is 30.9 Å². The van der Waals surface area contributed by atoms with Gasteiger partial charge in [0.05, 0.1) is 24.3 Å². The van der Waals surface area contributed by atoms with E-state index in [4.69, 9.17) is 4.42 Å². The summed E-state index contributed by atoms with van der Waals surface area (Å²) in [6.45, 7) is 1.88. The van der Waals surface area contributed by atoms with Crippen LogP contribution >= 0.6 is 0 Å². The van der Waals surface area contributed by atoms with Gasteiger partial charge in [-0.2, -0.15) is 0 Å². The molecule has 0 unspecified atom stereocenters. The summed E-state index contributed by atoms with van der Waals surface area (Å²) in [5.41, 5.74) is 0.374. The Labute approximate surface area is 145 Å². The highest BCUT2D eigenvalue weighted by Crippen LogP contribution is 2.15. The Morgan fingerprint density at radius 1 is 1.16 bits per heavy atom. The molecule has 0 spiro atoms. The summed E-state index contributed by atoms with van der Waals surface area (Å²) in [5.74, 6) is -0.669. The van der Waals surface area contributed by atoms with Gasteiger partial charge in [-0.25, -0.2) is 13.1 Å². The quantitative estimate of drug-likeness (QED) is 0.542. The van der Waals surface area contributed by atoms with Crippen molar-refractivity contribution in [3.63, 3.8) is 0 Å². The minimum atomic E-state index is -3.70.